The summed E-state index contributed by atoms with van der Waals surface area (Å²) >= 11 is 0. The van der Waals surface area contributed by atoms with E-state index in [1.807, 2.05) is 5.92 Å². The molecule has 6 heteroatoms. The van der Waals surface area contributed by atoms with Gasteiger partial charge in [0.15, 0.2) is 0 Å². The van der Waals surface area contributed by atoms with Crippen LogP contribution < -0.4 is 10.2 Å². The standard InChI is InChI=1S/C23H38O2.C4H8O3.Ca/c1-2-3-4-5-6-7-8-9-10-11-12-13-14-15-16-17-18-19-20-21-22-23(24)25;1-2-7-3-4(5)6;/h2-18H2,1H3,(H,24,25);2-3H2,1H3,(H,5,6);/q;;+2/p-2. The Balaban J connectivity index is -0.000000969. The number of aliphatic carboxylic acids is 2. The van der Waals surface area contributed by atoms with Crippen molar-refractivity contribution in [2.45, 2.75) is 123 Å². The summed E-state index contributed by atoms with van der Waals surface area (Å²) in [5.74, 6) is 7.03. The molecule has 0 saturated heterocycles. The first-order chi connectivity index (χ1) is 15.5. The molecule has 0 saturated carbocycles. The number of carbonyl (C=O) groups excluding carboxylic acids is 2. The largest absolute Gasteiger partial charge is 2.00 e. The molecular formula is C27H44CaO5. The van der Waals surface area contributed by atoms with E-state index in [1.165, 1.54) is 96.3 Å². The monoisotopic (exact) mass is 488 g/mol. The number of carboxylic acids is 2. The van der Waals surface area contributed by atoms with Crippen LogP contribution in [-0.4, -0.2) is 62.9 Å². The van der Waals surface area contributed by atoms with Gasteiger partial charge in [-0.2, -0.15) is 0 Å². The second-order valence-electron chi connectivity index (χ2n) is 7.90. The molecule has 0 N–H and O–H groups in total. The zero-order valence-corrected chi connectivity index (χ0v) is 23.4. The number of hydrogen-bond acceptors (Lipinski definition) is 5. The van der Waals surface area contributed by atoms with E-state index in [9.17, 15) is 19.8 Å². The third kappa shape index (κ3) is 42.0. The zero-order chi connectivity index (χ0) is 24.1. The molecule has 184 valence electrons. The molecule has 0 unspecified atom stereocenters. The predicted octanol–water partition coefficient (Wildman–Crippen LogP) is 3.79. The number of hydrogen-bond donors (Lipinski definition) is 0. The van der Waals surface area contributed by atoms with Crippen LogP contribution in [0.1, 0.15) is 123 Å². The van der Waals surface area contributed by atoms with E-state index < -0.39 is 11.9 Å². The fraction of sp³-hybridized carbons (Fsp3) is 0.778. The Morgan fingerprint density at radius 1 is 0.667 bits per heavy atom. The molecule has 0 amide bonds. The summed E-state index contributed by atoms with van der Waals surface area (Å²) in [5.41, 5.74) is 0. The average molecular weight is 489 g/mol. The van der Waals surface area contributed by atoms with E-state index in [4.69, 9.17) is 0 Å². The van der Waals surface area contributed by atoms with Gasteiger partial charge in [0.05, 0.1) is 12.6 Å². The van der Waals surface area contributed by atoms with Crippen molar-refractivity contribution in [3.05, 3.63) is 0 Å². The Labute approximate surface area is 232 Å². The summed E-state index contributed by atoms with van der Waals surface area (Å²) in [6, 6.07) is 0. The smallest absolute Gasteiger partial charge is 0.548 e. The van der Waals surface area contributed by atoms with Gasteiger partial charge in [0.1, 0.15) is 5.97 Å². The number of carbonyl (C=O) groups is 2. The van der Waals surface area contributed by atoms with Crippen LogP contribution in [0, 0.1) is 23.7 Å². The Bertz CT molecular complexity index is 554. The molecule has 0 bridgehead atoms. The van der Waals surface area contributed by atoms with Crippen LogP contribution in [0.3, 0.4) is 0 Å². The maximum absolute atomic E-state index is 10.0. The van der Waals surface area contributed by atoms with Gasteiger partial charge < -0.3 is 24.5 Å². The first-order valence-electron chi connectivity index (χ1n) is 12.5. The molecule has 0 aromatic carbocycles. The molecule has 0 rings (SSSR count). The van der Waals surface area contributed by atoms with Crippen molar-refractivity contribution in [3.63, 3.8) is 0 Å². The van der Waals surface area contributed by atoms with Crippen LogP contribution in [0.25, 0.3) is 0 Å². The summed E-state index contributed by atoms with van der Waals surface area (Å²) in [6.07, 6.45) is 22.6. The first kappa shape index (κ1) is 36.8. The molecule has 0 aromatic rings. The van der Waals surface area contributed by atoms with E-state index in [1.54, 1.807) is 6.92 Å². The topological polar surface area (TPSA) is 89.5 Å². The third-order valence-corrected chi connectivity index (χ3v) is 4.89. The molecule has 0 fully saturated rings. The first-order valence-corrected chi connectivity index (χ1v) is 12.5. The van der Waals surface area contributed by atoms with Crippen molar-refractivity contribution in [2.24, 2.45) is 0 Å². The maximum atomic E-state index is 10.0. The molecule has 33 heavy (non-hydrogen) atoms. The molecule has 0 aromatic heterocycles. The van der Waals surface area contributed by atoms with Gasteiger partial charge in [0, 0.05) is 13.0 Å². The molecule has 0 aliphatic rings. The van der Waals surface area contributed by atoms with Crippen LogP contribution in [0.4, 0.5) is 0 Å². The molecule has 0 spiro atoms. The van der Waals surface area contributed by atoms with E-state index in [0.29, 0.717) is 6.61 Å². The van der Waals surface area contributed by atoms with Gasteiger partial charge in [-0.1, -0.05) is 109 Å². The minimum absolute atomic E-state index is 0. The normalized spacial score (nSPS) is 9.27. The number of unbranched alkanes of at least 4 members (excludes halogenated alkanes) is 16. The number of rotatable bonds is 19. The average Bonchev–Trinajstić information content (AvgIpc) is 2.76. The van der Waals surface area contributed by atoms with Gasteiger partial charge in [-0.25, -0.2) is 0 Å². The summed E-state index contributed by atoms with van der Waals surface area (Å²) in [5, 5.41) is 19.6. The third-order valence-electron chi connectivity index (χ3n) is 4.89. The molecule has 0 heterocycles. The van der Waals surface area contributed by atoms with Gasteiger partial charge in [-0.05, 0) is 31.1 Å². The van der Waals surface area contributed by atoms with Crippen molar-refractivity contribution >= 4 is 49.7 Å². The van der Waals surface area contributed by atoms with Crippen molar-refractivity contribution < 1.29 is 24.5 Å². The molecular weight excluding hydrogens is 444 g/mol. The van der Waals surface area contributed by atoms with E-state index >= 15 is 0 Å². The Morgan fingerprint density at radius 3 is 1.42 bits per heavy atom. The van der Waals surface area contributed by atoms with Crippen LogP contribution in [-0.2, 0) is 14.3 Å². The van der Waals surface area contributed by atoms with Crippen LogP contribution in [0.2, 0.25) is 0 Å². The van der Waals surface area contributed by atoms with Crippen LogP contribution in [0.15, 0.2) is 0 Å². The molecule has 0 aliphatic carbocycles. The fourth-order valence-corrected chi connectivity index (χ4v) is 3.14. The van der Waals surface area contributed by atoms with Gasteiger partial charge in [0.25, 0.3) is 0 Å². The summed E-state index contributed by atoms with van der Waals surface area (Å²) in [6.45, 7) is 4.13. The Morgan fingerprint density at radius 2 is 1.09 bits per heavy atom. The summed E-state index contributed by atoms with van der Waals surface area (Å²) in [7, 11) is 0. The predicted molar refractivity (Wildman–Crippen MR) is 132 cm³/mol. The number of carboxylic acid groups (broad SMARTS) is 2. The molecule has 5 nitrogen and oxygen atoms in total. The van der Waals surface area contributed by atoms with Gasteiger partial charge in [-0.15, -0.1) is 0 Å². The Kier molecular flexibility index (Phi) is 37.3. The van der Waals surface area contributed by atoms with E-state index in [-0.39, 0.29) is 44.3 Å². The minimum atomic E-state index is -1.36. The van der Waals surface area contributed by atoms with Gasteiger partial charge in [-0.3, -0.25) is 0 Å². The molecule has 0 aliphatic heterocycles. The minimum Gasteiger partial charge on any atom is -0.548 e. The molecule has 0 radical (unpaired) electrons. The fourth-order valence-electron chi connectivity index (χ4n) is 3.14. The van der Waals surface area contributed by atoms with Crippen molar-refractivity contribution in [1.82, 2.24) is 0 Å². The van der Waals surface area contributed by atoms with E-state index in [0.717, 1.165) is 12.8 Å². The zero-order valence-electron chi connectivity index (χ0n) is 21.2. The number of ether oxygens (including phenoxy) is 1. The van der Waals surface area contributed by atoms with Crippen LogP contribution in [0.5, 0.6) is 0 Å². The Hall–Kier alpha value is -0.720. The van der Waals surface area contributed by atoms with Crippen LogP contribution >= 0.6 is 0 Å². The van der Waals surface area contributed by atoms with Gasteiger partial charge >= 0.3 is 37.7 Å². The van der Waals surface area contributed by atoms with E-state index in [2.05, 4.69) is 29.4 Å². The summed E-state index contributed by atoms with van der Waals surface area (Å²) in [4.78, 5) is 19.6. The van der Waals surface area contributed by atoms with Crippen molar-refractivity contribution in [3.8, 4) is 23.7 Å². The second-order valence-corrected chi connectivity index (χ2v) is 7.90. The maximum Gasteiger partial charge on any atom is 2.00 e. The van der Waals surface area contributed by atoms with Crippen molar-refractivity contribution in [1.29, 1.82) is 0 Å². The SMILES string of the molecule is CCCCCCCCCCCCCCCCCCC#CC#CC(=O)[O-].CCOCC(=O)[O-].[Ca+2]. The molecule has 0 atom stereocenters. The quantitative estimate of drug-likeness (QED) is 0.157. The van der Waals surface area contributed by atoms with Gasteiger partial charge in [0.2, 0.25) is 0 Å². The summed E-state index contributed by atoms with van der Waals surface area (Å²) < 4.78 is 4.43. The second kappa shape index (κ2) is 33.5. The van der Waals surface area contributed by atoms with Crippen molar-refractivity contribution in [2.75, 3.05) is 13.2 Å².